The average molecular weight is 357 g/mol. The number of hydrogen-bond donors (Lipinski definition) is 2. The first-order valence-electron chi connectivity index (χ1n) is 9.62. The predicted octanol–water partition coefficient (Wildman–Crippen LogP) is 3.65. The molecule has 1 saturated heterocycles. The van der Waals surface area contributed by atoms with Gasteiger partial charge in [-0.25, -0.2) is 4.98 Å². The fraction of sp³-hybridized carbons (Fsp3) is 0.600. The van der Waals surface area contributed by atoms with E-state index in [0.717, 1.165) is 23.5 Å². The Morgan fingerprint density at radius 3 is 2.80 bits per heavy atom. The van der Waals surface area contributed by atoms with E-state index in [-0.39, 0.29) is 0 Å². The highest BCUT2D eigenvalue weighted by atomic mass is 32.1. The highest BCUT2D eigenvalue weighted by Gasteiger charge is 2.35. The van der Waals surface area contributed by atoms with Crippen LogP contribution in [-0.2, 0) is 6.42 Å². The van der Waals surface area contributed by atoms with Gasteiger partial charge in [0.05, 0.1) is 5.69 Å². The Morgan fingerprint density at radius 2 is 2.04 bits per heavy atom. The van der Waals surface area contributed by atoms with Crippen molar-refractivity contribution in [3.05, 3.63) is 35.6 Å². The molecule has 4 nitrogen and oxygen atoms in total. The van der Waals surface area contributed by atoms with Gasteiger partial charge in [0.2, 0.25) is 0 Å². The van der Waals surface area contributed by atoms with Gasteiger partial charge >= 0.3 is 0 Å². The Balaban J connectivity index is 1.22. The second kappa shape index (κ2) is 7.94. The molecule has 4 rings (SSSR count). The molecule has 1 aliphatic heterocycles. The third-order valence-electron chi connectivity index (χ3n) is 5.98. The van der Waals surface area contributed by atoms with Crippen molar-refractivity contribution >= 4 is 11.3 Å². The lowest BCUT2D eigenvalue weighted by Crippen LogP contribution is -2.43. The molecule has 5 heteroatoms. The molecule has 2 aliphatic rings. The van der Waals surface area contributed by atoms with Crippen LogP contribution in [0.2, 0.25) is 0 Å². The Bertz CT molecular complexity index is 653. The van der Waals surface area contributed by atoms with Crippen molar-refractivity contribution in [2.45, 2.75) is 51.0 Å². The Labute approximate surface area is 154 Å². The maximum atomic E-state index is 4.76. The molecule has 3 heterocycles. The molecule has 1 spiro atoms. The largest absolute Gasteiger partial charge is 0.317 e. The highest BCUT2D eigenvalue weighted by Crippen LogP contribution is 2.43. The molecule has 0 radical (unpaired) electrons. The Kier molecular flexibility index (Phi) is 5.44. The van der Waals surface area contributed by atoms with Crippen molar-refractivity contribution in [3.63, 3.8) is 0 Å². The summed E-state index contributed by atoms with van der Waals surface area (Å²) in [6.45, 7) is 3.48. The van der Waals surface area contributed by atoms with Crippen LogP contribution in [0.15, 0.2) is 29.9 Å². The van der Waals surface area contributed by atoms with Crippen molar-refractivity contribution < 1.29 is 0 Å². The molecule has 0 bridgehead atoms. The lowest BCUT2D eigenvalue weighted by Gasteiger charge is -2.43. The minimum atomic E-state index is 0.664. The molecule has 2 N–H and O–H groups in total. The number of piperidine rings is 1. The van der Waals surface area contributed by atoms with Gasteiger partial charge in [0.15, 0.2) is 0 Å². The van der Waals surface area contributed by atoms with Crippen LogP contribution < -0.4 is 10.6 Å². The summed E-state index contributed by atoms with van der Waals surface area (Å²) in [7, 11) is 0. The third-order valence-corrected chi connectivity index (χ3v) is 6.93. The quantitative estimate of drug-likeness (QED) is 0.859. The van der Waals surface area contributed by atoms with Crippen LogP contribution in [0.4, 0.5) is 0 Å². The first-order chi connectivity index (χ1) is 12.3. The van der Waals surface area contributed by atoms with E-state index in [1.54, 1.807) is 17.5 Å². The SMILES string of the molecule is c1cncc(-c2nc(CCNC3CCC4(CCNCC4)CC3)cs2)c1. The summed E-state index contributed by atoms with van der Waals surface area (Å²) in [6, 6.07) is 4.75. The van der Waals surface area contributed by atoms with Crippen LogP contribution in [-0.4, -0.2) is 35.6 Å². The number of hydrogen-bond acceptors (Lipinski definition) is 5. The van der Waals surface area contributed by atoms with Crippen LogP contribution in [0.5, 0.6) is 0 Å². The molecule has 2 fully saturated rings. The molecule has 25 heavy (non-hydrogen) atoms. The third kappa shape index (κ3) is 4.27. The normalized spacial score (nSPS) is 20.8. The molecule has 1 saturated carbocycles. The van der Waals surface area contributed by atoms with Crippen LogP contribution >= 0.6 is 11.3 Å². The summed E-state index contributed by atoms with van der Waals surface area (Å²) in [4.78, 5) is 8.94. The Hall–Kier alpha value is -1.30. The van der Waals surface area contributed by atoms with Crippen molar-refractivity contribution in [3.8, 4) is 10.6 Å². The molecule has 2 aromatic rings. The fourth-order valence-electron chi connectivity index (χ4n) is 4.34. The summed E-state index contributed by atoms with van der Waals surface area (Å²) < 4.78 is 0. The van der Waals surface area contributed by atoms with Crippen molar-refractivity contribution in [1.29, 1.82) is 0 Å². The van der Waals surface area contributed by atoms with Gasteiger partial charge in [-0.3, -0.25) is 4.98 Å². The second-order valence-electron chi connectivity index (χ2n) is 7.61. The number of aromatic nitrogens is 2. The molecule has 1 aliphatic carbocycles. The van der Waals surface area contributed by atoms with Crippen LogP contribution in [0.3, 0.4) is 0 Å². The zero-order chi connectivity index (χ0) is 17.0. The lowest BCUT2D eigenvalue weighted by atomic mass is 9.67. The average Bonchev–Trinajstić information content (AvgIpc) is 3.14. The van der Waals surface area contributed by atoms with E-state index in [1.165, 1.54) is 57.3 Å². The zero-order valence-corrected chi connectivity index (χ0v) is 15.7. The molecule has 0 unspecified atom stereocenters. The van der Waals surface area contributed by atoms with Gasteiger partial charge in [-0.05, 0) is 69.2 Å². The smallest absolute Gasteiger partial charge is 0.125 e. The summed E-state index contributed by atoms with van der Waals surface area (Å²) in [5.41, 5.74) is 2.98. The summed E-state index contributed by atoms with van der Waals surface area (Å²) in [5, 5.41) is 10.6. The molecule has 2 aromatic heterocycles. The minimum absolute atomic E-state index is 0.664. The first-order valence-corrected chi connectivity index (χ1v) is 10.5. The van der Waals surface area contributed by atoms with Gasteiger partial charge in [-0.15, -0.1) is 11.3 Å². The van der Waals surface area contributed by atoms with E-state index < -0.39 is 0 Å². The topological polar surface area (TPSA) is 49.8 Å². The predicted molar refractivity (Wildman–Crippen MR) is 104 cm³/mol. The van der Waals surface area contributed by atoms with E-state index in [1.807, 2.05) is 12.3 Å². The van der Waals surface area contributed by atoms with Crippen LogP contribution in [0.25, 0.3) is 10.6 Å². The fourth-order valence-corrected chi connectivity index (χ4v) is 5.18. The maximum Gasteiger partial charge on any atom is 0.125 e. The number of nitrogens with zero attached hydrogens (tertiary/aromatic N) is 2. The number of pyridine rings is 1. The van der Waals surface area contributed by atoms with Gasteiger partial charge in [0.25, 0.3) is 0 Å². The second-order valence-corrected chi connectivity index (χ2v) is 8.47. The highest BCUT2D eigenvalue weighted by molar-refractivity contribution is 7.13. The van der Waals surface area contributed by atoms with E-state index in [0.29, 0.717) is 11.5 Å². The number of thiazole rings is 1. The number of nitrogens with one attached hydrogen (secondary N) is 2. The van der Waals surface area contributed by atoms with E-state index in [4.69, 9.17) is 4.98 Å². The van der Waals surface area contributed by atoms with E-state index in [2.05, 4.69) is 27.1 Å². The van der Waals surface area contributed by atoms with Crippen LogP contribution in [0, 0.1) is 5.41 Å². The summed E-state index contributed by atoms with van der Waals surface area (Å²) in [5.74, 6) is 0. The molecule has 0 aromatic carbocycles. The van der Waals surface area contributed by atoms with Gasteiger partial charge in [0, 0.05) is 42.3 Å². The van der Waals surface area contributed by atoms with E-state index >= 15 is 0 Å². The van der Waals surface area contributed by atoms with Crippen molar-refractivity contribution in [2.75, 3.05) is 19.6 Å². The summed E-state index contributed by atoms with van der Waals surface area (Å²) >= 11 is 1.72. The molecule has 0 amide bonds. The molecule has 134 valence electrons. The Morgan fingerprint density at radius 1 is 1.20 bits per heavy atom. The monoisotopic (exact) mass is 356 g/mol. The van der Waals surface area contributed by atoms with Gasteiger partial charge < -0.3 is 10.6 Å². The summed E-state index contributed by atoms with van der Waals surface area (Å²) in [6.07, 6.45) is 13.0. The lowest BCUT2D eigenvalue weighted by molar-refractivity contribution is 0.116. The van der Waals surface area contributed by atoms with Gasteiger partial charge in [-0.2, -0.15) is 0 Å². The zero-order valence-electron chi connectivity index (χ0n) is 14.8. The van der Waals surface area contributed by atoms with Crippen molar-refractivity contribution in [2.24, 2.45) is 5.41 Å². The minimum Gasteiger partial charge on any atom is -0.317 e. The number of rotatable bonds is 5. The van der Waals surface area contributed by atoms with Gasteiger partial charge in [-0.1, -0.05) is 0 Å². The molecule has 0 atom stereocenters. The maximum absolute atomic E-state index is 4.76. The van der Waals surface area contributed by atoms with Gasteiger partial charge in [0.1, 0.15) is 5.01 Å². The van der Waals surface area contributed by atoms with Crippen molar-refractivity contribution in [1.82, 2.24) is 20.6 Å². The molecular weight excluding hydrogens is 328 g/mol. The first kappa shape index (κ1) is 17.1. The van der Waals surface area contributed by atoms with E-state index in [9.17, 15) is 0 Å². The molecular formula is C20H28N4S. The standard InChI is InChI=1S/C20H28N4S/c1-2-16(14-22-10-1)19-24-18(15-25-19)5-11-23-17-3-6-20(7-4-17)8-12-21-13-9-20/h1-2,10,14-15,17,21,23H,3-9,11-13H2. The van der Waals surface area contributed by atoms with Crippen LogP contribution in [0.1, 0.15) is 44.2 Å².